The number of halogens is 1. The van der Waals surface area contributed by atoms with Crippen LogP contribution in [0.15, 0.2) is 23.6 Å². The second-order valence-corrected chi connectivity index (χ2v) is 4.64. The van der Waals surface area contributed by atoms with E-state index in [2.05, 4.69) is 30.8 Å². The number of allylic oxidation sites excluding steroid dienone is 1. The molecule has 0 fully saturated rings. The minimum Gasteiger partial charge on any atom is -0.382 e. The summed E-state index contributed by atoms with van der Waals surface area (Å²) in [7, 11) is 0. The van der Waals surface area contributed by atoms with Gasteiger partial charge in [-0.05, 0) is 12.3 Å². The molecule has 0 aromatic carbocycles. The van der Waals surface area contributed by atoms with E-state index in [0.29, 0.717) is 18.2 Å². The normalized spacial score (nSPS) is 10.6. The van der Waals surface area contributed by atoms with Crippen LogP contribution in [0.4, 0.5) is 5.69 Å². The van der Waals surface area contributed by atoms with Crippen LogP contribution in [-0.2, 0) is 6.54 Å². The molecule has 0 amide bonds. The highest BCUT2D eigenvalue weighted by molar-refractivity contribution is 6.32. The monoisotopic (exact) mass is 255 g/mol. The predicted molar refractivity (Wildman–Crippen MR) is 71.6 cm³/mol. The van der Waals surface area contributed by atoms with Gasteiger partial charge in [0.15, 0.2) is 0 Å². The Morgan fingerprint density at radius 2 is 2.35 bits per heavy atom. The van der Waals surface area contributed by atoms with E-state index < -0.39 is 0 Å². The average Bonchev–Trinajstić information content (AvgIpc) is 2.28. The Morgan fingerprint density at radius 1 is 1.65 bits per heavy atom. The molecule has 0 aliphatic rings. The molecule has 94 valence electrons. The van der Waals surface area contributed by atoms with Crippen molar-refractivity contribution >= 4 is 17.3 Å². The standard InChI is InChI=1S/C12H18ClN3O/c1-4-7-16-12(17)11(13)10(8-15-16)14-6-5-9(2)3/h4,8-9,14H,1,5-7H2,2-3H3. The highest BCUT2D eigenvalue weighted by atomic mass is 35.5. The molecule has 0 radical (unpaired) electrons. The van der Waals surface area contributed by atoms with Gasteiger partial charge in [0.05, 0.1) is 18.4 Å². The molecule has 0 bridgehead atoms. The van der Waals surface area contributed by atoms with E-state index in [1.807, 2.05) is 0 Å². The largest absolute Gasteiger partial charge is 0.382 e. The molecule has 0 spiro atoms. The number of aromatic nitrogens is 2. The van der Waals surface area contributed by atoms with Gasteiger partial charge in [-0.2, -0.15) is 5.10 Å². The van der Waals surface area contributed by atoms with Gasteiger partial charge < -0.3 is 5.32 Å². The third kappa shape index (κ3) is 3.89. The predicted octanol–water partition coefficient (Wildman–Crippen LogP) is 2.54. The fourth-order valence-corrected chi connectivity index (χ4v) is 1.55. The van der Waals surface area contributed by atoms with Crippen LogP contribution in [0.3, 0.4) is 0 Å². The van der Waals surface area contributed by atoms with Crippen molar-refractivity contribution < 1.29 is 0 Å². The molecule has 0 atom stereocenters. The van der Waals surface area contributed by atoms with Crippen LogP contribution in [0.1, 0.15) is 20.3 Å². The zero-order chi connectivity index (χ0) is 12.8. The molecule has 1 N–H and O–H groups in total. The van der Waals surface area contributed by atoms with Crippen molar-refractivity contribution in [3.05, 3.63) is 34.2 Å². The van der Waals surface area contributed by atoms with Crippen LogP contribution in [0, 0.1) is 5.92 Å². The minimum absolute atomic E-state index is 0.186. The van der Waals surface area contributed by atoms with Gasteiger partial charge in [0, 0.05) is 6.54 Å². The molecule has 17 heavy (non-hydrogen) atoms. The lowest BCUT2D eigenvalue weighted by Crippen LogP contribution is -2.23. The summed E-state index contributed by atoms with van der Waals surface area (Å²) in [5, 5.41) is 7.32. The van der Waals surface area contributed by atoms with Crippen molar-refractivity contribution in [1.82, 2.24) is 9.78 Å². The first-order valence-corrected chi connectivity index (χ1v) is 6.04. The third-order valence-electron chi connectivity index (χ3n) is 2.32. The molecule has 0 saturated carbocycles. The van der Waals surface area contributed by atoms with E-state index in [1.165, 1.54) is 4.68 Å². The number of anilines is 1. The van der Waals surface area contributed by atoms with Gasteiger partial charge in [-0.25, -0.2) is 4.68 Å². The summed E-state index contributed by atoms with van der Waals surface area (Å²) in [5.41, 5.74) is 0.304. The fourth-order valence-electron chi connectivity index (χ4n) is 1.34. The topological polar surface area (TPSA) is 46.9 Å². The molecule has 4 nitrogen and oxygen atoms in total. The Kier molecular flexibility index (Phi) is 5.22. The number of hydrogen-bond donors (Lipinski definition) is 1. The van der Waals surface area contributed by atoms with E-state index in [0.717, 1.165) is 13.0 Å². The molecule has 1 aromatic heterocycles. The van der Waals surface area contributed by atoms with Gasteiger partial charge in [0.2, 0.25) is 0 Å². The third-order valence-corrected chi connectivity index (χ3v) is 2.69. The van der Waals surface area contributed by atoms with Crippen LogP contribution < -0.4 is 10.9 Å². The number of nitrogens with zero attached hydrogens (tertiary/aromatic N) is 2. The summed E-state index contributed by atoms with van der Waals surface area (Å²) in [5.74, 6) is 0.607. The second-order valence-electron chi connectivity index (χ2n) is 4.26. The smallest absolute Gasteiger partial charge is 0.287 e. The molecule has 5 heteroatoms. The van der Waals surface area contributed by atoms with Crippen LogP contribution in [0.25, 0.3) is 0 Å². The summed E-state index contributed by atoms with van der Waals surface area (Å²) in [6, 6.07) is 0. The summed E-state index contributed by atoms with van der Waals surface area (Å²) in [6.45, 7) is 8.99. The van der Waals surface area contributed by atoms with Gasteiger partial charge >= 0.3 is 0 Å². The Bertz CT molecular complexity index is 440. The SMILES string of the molecule is C=CCn1ncc(NCCC(C)C)c(Cl)c1=O. The van der Waals surface area contributed by atoms with Crippen molar-refractivity contribution in [2.24, 2.45) is 5.92 Å². The van der Waals surface area contributed by atoms with Gasteiger partial charge in [0.1, 0.15) is 5.02 Å². The minimum atomic E-state index is -0.291. The summed E-state index contributed by atoms with van der Waals surface area (Å²) < 4.78 is 1.28. The lowest BCUT2D eigenvalue weighted by atomic mass is 10.1. The Morgan fingerprint density at radius 3 is 2.94 bits per heavy atom. The highest BCUT2D eigenvalue weighted by Crippen LogP contribution is 2.15. The molecule has 0 saturated heterocycles. The maximum absolute atomic E-state index is 11.8. The average molecular weight is 256 g/mol. The Hall–Kier alpha value is -1.29. The van der Waals surface area contributed by atoms with Gasteiger partial charge in [0.25, 0.3) is 5.56 Å². The van der Waals surface area contributed by atoms with Crippen molar-refractivity contribution in [3.63, 3.8) is 0 Å². The maximum Gasteiger partial charge on any atom is 0.287 e. The lowest BCUT2D eigenvalue weighted by molar-refractivity contribution is 0.606. The summed E-state index contributed by atoms with van der Waals surface area (Å²) in [4.78, 5) is 11.8. The zero-order valence-corrected chi connectivity index (χ0v) is 11.0. The fraction of sp³-hybridized carbons (Fsp3) is 0.500. The van der Waals surface area contributed by atoms with Gasteiger partial charge in [-0.15, -0.1) is 6.58 Å². The molecular weight excluding hydrogens is 238 g/mol. The number of nitrogens with one attached hydrogen (secondary N) is 1. The summed E-state index contributed by atoms with van der Waals surface area (Å²) >= 11 is 5.98. The quantitative estimate of drug-likeness (QED) is 0.795. The zero-order valence-electron chi connectivity index (χ0n) is 10.2. The Balaban J connectivity index is 2.78. The van der Waals surface area contributed by atoms with Crippen LogP contribution in [0.5, 0.6) is 0 Å². The van der Waals surface area contributed by atoms with E-state index in [-0.39, 0.29) is 10.6 Å². The number of hydrogen-bond acceptors (Lipinski definition) is 3. The van der Waals surface area contributed by atoms with Crippen LogP contribution >= 0.6 is 11.6 Å². The summed E-state index contributed by atoms with van der Waals surface area (Å²) in [6.07, 6.45) is 4.20. The van der Waals surface area contributed by atoms with E-state index >= 15 is 0 Å². The van der Waals surface area contributed by atoms with Crippen molar-refractivity contribution in [2.75, 3.05) is 11.9 Å². The lowest BCUT2D eigenvalue weighted by Gasteiger charge is -2.10. The van der Waals surface area contributed by atoms with Crippen molar-refractivity contribution in [2.45, 2.75) is 26.8 Å². The second kappa shape index (κ2) is 6.45. The molecular formula is C12H18ClN3O. The first-order chi connectivity index (χ1) is 8.06. The molecule has 0 unspecified atom stereocenters. The molecule has 0 aliphatic carbocycles. The Labute approximate surface area is 106 Å². The first-order valence-electron chi connectivity index (χ1n) is 5.66. The van der Waals surface area contributed by atoms with Crippen LogP contribution in [0.2, 0.25) is 5.02 Å². The molecule has 1 heterocycles. The van der Waals surface area contributed by atoms with E-state index in [1.54, 1.807) is 12.3 Å². The molecule has 1 aromatic rings. The highest BCUT2D eigenvalue weighted by Gasteiger charge is 2.08. The van der Waals surface area contributed by atoms with E-state index in [4.69, 9.17) is 11.6 Å². The first kappa shape index (κ1) is 13.8. The maximum atomic E-state index is 11.8. The number of rotatable bonds is 6. The van der Waals surface area contributed by atoms with E-state index in [9.17, 15) is 4.79 Å². The van der Waals surface area contributed by atoms with Crippen LogP contribution in [-0.4, -0.2) is 16.3 Å². The van der Waals surface area contributed by atoms with Gasteiger partial charge in [-0.1, -0.05) is 31.5 Å². The van der Waals surface area contributed by atoms with Crippen molar-refractivity contribution in [1.29, 1.82) is 0 Å². The molecule has 1 rings (SSSR count). The van der Waals surface area contributed by atoms with Gasteiger partial charge in [-0.3, -0.25) is 4.79 Å². The van der Waals surface area contributed by atoms with Crippen molar-refractivity contribution in [3.8, 4) is 0 Å². The molecule has 0 aliphatic heterocycles.